The fraction of sp³-hybridized carbons (Fsp3) is 0.238. The van der Waals surface area contributed by atoms with Gasteiger partial charge in [-0.15, -0.1) is 10.2 Å². The van der Waals surface area contributed by atoms with Crippen molar-refractivity contribution in [1.82, 2.24) is 19.7 Å². The molecule has 0 aliphatic heterocycles. The molecule has 0 radical (unpaired) electrons. The van der Waals surface area contributed by atoms with Gasteiger partial charge in [-0.3, -0.25) is 14.2 Å². The number of aromatic nitrogens is 4. The molecule has 0 aliphatic rings. The Morgan fingerprint density at radius 3 is 2.80 bits per heavy atom. The number of aromatic amines is 1. The number of ketones is 1. The second kappa shape index (κ2) is 8.58. The molecule has 3 aromatic heterocycles. The van der Waals surface area contributed by atoms with Gasteiger partial charge in [0.2, 0.25) is 5.91 Å². The summed E-state index contributed by atoms with van der Waals surface area (Å²) >= 11 is 1.32. The van der Waals surface area contributed by atoms with Crippen molar-refractivity contribution in [2.24, 2.45) is 5.73 Å². The summed E-state index contributed by atoms with van der Waals surface area (Å²) in [6.07, 6.45) is 2.15. The number of hydrogen-bond acceptors (Lipinski definition) is 6. The fourth-order valence-corrected chi connectivity index (χ4v) is 4.23. The normalized spacial score (nSPS) is 11.2. The lowest BCUT2D eigenvalue weighted by Crippen LogP contribution is -2.14. The molecule has 1 aromatic carbocycles. The van der Waals surface area contributed by atoms with Crippen molar-refractivity contribution in [3.63, 3.8) is 0 Å². The highest BCUT2D eigenvalue weighted by Gasteiger charge is 2.19. The minimum atomic E-state index is -0.401. The molecular formula is C21H21N5O3S. The van der Waals surface area contributed by atoms with Crippen molar-refractivity contribution in [2.75, 3.05) is 5.75 Å². The Bertz CT molecular complexity index is 1190. The average molecular weight is 423 g/mol. The molecule has 8 nitrogen and oxygen atoms in total. The van der Waals surface area contributed by atoms with Crippen molar-refractivity contribution >= 4 is 34.4 Å². The summed E-state index contributed by atoms with van der Waals surface area (Å²) in [5.74, 6) is 1.19. The molecule has 0 fully saturated rings. The molecule has 154 valence electrons. The number of fused-ring (bicyclic) bond motifs is 1. The number of H-pyrrole nitrogens is 1. The number of carbonyl (C=O) groups excluding carboxylic acids is 2. The molecule has 4 rings (SSSR count). The van der Waals surface area contributed by atoms with Crippen LogP contribution in [0.2, 0.25) is 0 Å². The standard InChI is InChI=1S/C21H21N5O3S/c1-13-20(15-6-2-3-7-16(15)23-13)17(27)12-30-21-25-24-19(9-8-18(22)28)26(21)11-14-5-4-10-29-14/h2-7,10,23H,8-9,11-12H2,1H3,(H2,22,28). The summed E-state index contributed by atoms with van der Waals surface area (Å²) < 4.78 is 7.31. The van der Waals surface area contributed by atoms with E-state index < -0.39 is 5.91 Å². The summed E-state index contributed by atoms with van der Waals surface area (Å²) in [6.45, 7) is 2.32. The molecule has 0 spiro atoms. The third-order valence-corrected chi connectivity index (χ3v) is 5.75. The molecule has 4 aromatic rings. The number of furan rings is 1. The van der Waals surface area contributed by atoms with Crippen LogP contribution in [0.1, 0.15) is 34.1 Å². The van der Waals surface area contributed by atoms with E-state index in [9.17, 15) is 9.59 Å². The number of primary amides is 1. The maximum Gasteiger partial charge on any atom is 0.217 e. The topological polar surface area (TPSA) is 120 Å². The average Bonchev–Trinajstić information content (AvgIpc) is 3.43. The second-order valence-corrected chi connectivity index (χ2v) is 7.86. The molecule has 0 atom stereocenters. The van der Waals surface area contributed by atoms with E-state index in [0.29, 0.717) is 29.5 Å². The highest BCUT2D eigenvalue weighted by Crippen LogP contribution is 2.26. The summed E-state index contributed by atoms with van der Waals surface area (Å²) in [5.41, 5.74) is 7.77. The second-order valence-electron chi connectivity index (χ2n) is 6.91. The monoisotopic (exact) mass is 423 g/mol. The van der Waals surface area contributed by atoms with Gasteiger partial charge >= 0.3 is 0 Å². The van der Waals surface area contributed by atoms with E-state index in [-0.39, 0.29) is 18.0 Å². The van der Waals surface area contributed by atoms with Crippen LogP contribution in [-0.4, -0.2) is 37.2 Å². The highest BCUT2D eigenvalue weighted by molar-refractivity contribution is 7.99. The van der Waals surface area contributed by atoms with Gasteiger partial charge < -0.3 is 15.1 Å². The van der Waals surface area contributed by atoms with Crippen LogP contribution in [0.5, 0.6) is 0 Å². The Morgan fingerprint density at radius 1 is 1.20 bits per heavy atom. The van der Waals surface area contributed by atoms with Gasteiger partial charge in [0, 0.05) is 35.0 Å². The molecule has 1 amide bonds. The number of nitrogens with two attached hydrogens (primary N) is 1. The molecule has 0 saturated carbocycles. The molecule has 0 aliphatic carbocycles. The van der Waals surface area contributed by atoms with Crippen LogP contribution in [0.15, 0.2) is 52.2 Å². The van der Waals surface area contributed by atoms with Gasteiger partial charge in [-0.2, -0.15) is 0 Å². The molecule has 30 heavy (non-hydrogen) atoms. The van der Waals surface area contributed by atoms with Crippen LogP contribution in [0.3, 0.4) is 0 Å². The lowest BCUT2D eigenvalue weighted by Gasteiger charge is -2.08. The number of nitrogens with zero attached hydrogens (tertiary/aromatic N) is 3. The van der Waals surface area contributed by atoms with Crippen molar-refractivity contribution in [3.05, 3.63) is 65.5 Å². The molecule has 3 heterocycles. The Balaban J connectivity index is 1.55. The largest absolute Gasteiger partial charge is 0.467 e. The lowest BCUT2D eigenvalue weighted by atomic mass is 10.1. The lowest BCUT2D eigenvalue weighted by molar-refractivity contribution is -0.118. The van der Waals surface area contributed by atoms with Crippen LogP contribution < -0.4 is 5.73 Å². The maximum atomic E-state index is 13.0. The number of hydrogen-bond donors (Lipinski definition) is 2. The van der Waals surface area contributed by atoms with Crippen LogP contribution >= 0.6 is 11.8 Å². The van der Waals surface area contributed by atoms with Crippen molar-refractivity contribution in [3.8, 4) is 0 Å². The van der Waals surface area contributed by atoms with Crippen LogP contribution in [0, 0.1) is 6.92 Å². The van der Waals surface area contributed by atoms with E-state index in [1.54, 1.807) is 12.3 Å². The fourth-order valence-electron chi connectivity index (χ4n) is 3.40. The Labute approximate surface area is 176 Å². The van der Waals surface area contributed by atoms with Gasteiger partial charge in [0.25, 0.3) is 0 Å². The number of carbonyl (C=O) groups is 2. The first-order valence-corrected chi connectivity index (χ1v) is 10.5. The van der Waals surface area contributed by atoms with E-state index >= 15 is 0 Å². The SMILES string of the molecule is Cc1[nH]c2ccccc2c1C(=O)CSc1nnc(CCC(N)=O)n1Cc1ccco1. The van der Waals surface area contributed by atoms with E-state index in [4.69, 9.17) is 10.2 Å². The van der Waals surface area contributed by atoms with Crippen molar-refractivity contribution in [2.45, 2.75) is 31.5 Å². The number of amides is 1. The quantitative estimate of drug-likeness (QED) is 0.315. The van der Waals surface area contributed by atoms with Crippen LogP contribution in [0.25, 0.3) is 10.9 Å². The van der Waals surface area contributed by atoms with Crippen LogP contribution in [0.4, 0.5) is 0 Å². The zero-order chi connectivity index (χ0) is 21.1. The zero-order valence-electron chi connectivity index (χ0n) is 16.4. The minimum absolute atomic E-state index is 0.0150. The first-order chi connectivity index (χ1) is 14.5. The number of aryl methyl sites for hydroxylation is 2. The molecule has 3 N–H and O–H groups in total. The smallest absolute Gasteiger partial charge is 0.217 e. The molecular weight excluding hydrogens is 402 g/mol. The number of thioether (sulfide) groups is 1. The Kier molecular flexibility index (Phi) is 5.71. The van der Waals surface area contributed by atoms with E-state index in [1.807, 2.05) is 41.8 Å². The number of para-hydroxylation sites is 1. The number of rotatable bonds is 9. The number of nitrogens with one attached hydrogen (secondary N) is 1. The highest BCUT2D eigenvalue weighted by atomic mass is 32.2. The zero-order valence-corrected chi connectivity index (χ0v) is 17.2. The van der Waals surface area contributed by atoms with Gasteiger partial charge in [0.1, 0.15) is 11.6 Å². The van der Waals surface area contributed by atoms with Gasteiger partial charge in [0.15, 0.2) is 10.9 Å². The van der Waals surface area contributed by atoms with E-state index in [1.165, 1.54) is 11.8 Å². The third kappa shape index (κ3) is 4.16. The minimum Gasteiger partial charge on any atom is -0.467 e. The number of Topliss-reactive ketones (excluding diaryl/α,β-unsaturated/α-hetero) is 1. The van der Waals surface area contributed by atoms with Crippen molar-refractivity contribution < 1.29 is 14.0 Å². The van der Waals surface area contributed by atoms with Crippen LogP contribution in [-0.2, 0) is 17.8 Å². The summed E-state index contributed by atoms with van der Waals surface area (Å²) in [5, 5.41) is 9.95. The summed E-state index contributed by atoms with van der Waals surface area (Å²) in [4.78, 5) is 27.4. The van der Waals surface area contributed by atoms with Gasteiger partial charge in [0.05, 0.1) is 18.6 Å². The van der Waals surface area contributed by atoms with Gasteiger partial charge in [-0.1, -0.05) is 30.0 Å². The third-order valence-electron chi connectivity index (χ3n) is 4.79. The maximum absolute atomic E-state index is 13.0. The molecule has 0 bridgehead atoms. The summed E-state index contributed by atoms with van der Waals surface area (Å²) in [7, 11) is 0. The Morgan fingerprint density at radius 2 is 2.03 bits per heavy atom. The first kappa shape index (κ1) is 20.0. The number of benzene rings is 1. The Hall–Kier alpha value is -3.33. The van der Waals surface area contributed by atoms with E-state index in [0.717, 1.165) is 22.4 Å². The molecule has 0 saturated heterocycles. The van der Waals surface area contributed by atoms with Crippen molar-refractivity contribution in [1.29, 1.82) is 0 Å². The predicted octanol–water partition coefficient (Wildman–Crippen LogP) is 3.10. The van der Waals surface area contributed by atoms with Gasteiger partial charge in [-0.25, -0.2) is 0 Å². The first-order valence-electron chi connectivity index (χ1n) is 9.49. The molecule has 9 heteroatoms. The summed E-state index contributed by atoms with van der Waals surface area (Å²) in [6, 6.07) is 11.4. The van der Waals surface area contributed by atoms with Gasteiger partial charge in [-0.05, 0) is 25.1 Å². The predicted molar refractivity (Wildman–Crippen MR) is 113 cm³/mol. The van der Waals surface area contributed by atoms with E-state index in [2.05, 4.69) is 15.2 Å². The molecule has 0 unspecified atom stereocenters.